The summed E-state index contributed by atoms with van der Waals surface area (Å²) in [4.78, 5) is 15.9. The fourth-order valence-corrected chi connectivity index (χ4v) is 7.41. The van der Waals surface area contributed by atoms with Gasteiger partial charge in [0.05, 0.1) is 29.8 Å². The smallest absolute Gasteiger partial charge is 0.354 e. The van der Waals surface area contributed by atoms with Gasteiger partial charge in [-0.25, -0.2) is 0 Å². The minimum atomic E-state index is -3.53. The topological polar surface area (TPSA) is 79.9 Å². The number of nitrogens with one attached hydrogen (secondary N) is 2. The third-order valence-electron chi connectivity index (χ3n) is 6.71. The van der Waals surface area contributed by atoms with E-state index >= 15 is 0 Å². The first-order chi connectivity index (χ1) is 19.0. The Morgan fingerprint density at radius 3 is 2.33 bits per heavy atom. The molecule has 0 unspecified atom stereocenters. The van der Waals surface area contributed by atoms with Gasteiger partial charge in [0.1, 0.15) is 0 Å². The molecule has 1 saturated heterocycles. The summed E-state index contributed by atoms with van der Waals surface area (Å²) in [6.07, 6.45) is 0. The second kappa shape index (κ2) is 12.5. The second-order valence-corrected chi connectivity index (χ2v) is 12.6. The number of benzene rings is 3. The van der Waals surface area contributed by atoms with Gasteiger partial charge in [-0.2, -0.15) is 11.8 Å². The van der Waals surface area contributed by atoms with E-state index in [-0.39, 0.29) is 19.1 Å². The zero-order valence-electron chi connectivity index (χ0n) is 22.3. The maximum absolute atomic E-state index is 13.5. The second-order valence-electron chi connectivity index (χ2n) is 9.34. The van der Waals surface area contributed by atoms with E-state index < -0.39 is 7.60 Å². The van der Waals surface area contributed by atoms with Crippen LogP contribution < -0.4 is 15.9 Å². The fourth-order valence-electron chi connectivity index (χ4n) is 4.84. The fraction of sp³-hybridized carbons (Fsp3) is 0.300. The largest absolute Gasteiger partial charge is 0.361 e. The third-order valence-corrected chi connectivity index (χ3v) is 9.76. The van der Waals surface area contributed by atoms with E-state index in [1.54, 1.807) is 32.0 Å². The lowest BCUT2D eigenvalue weighted by atomic mass is 10.00. The van der Waals surface area contributed by atoms with Crippen LogP contribution in [0.2, 0.25) is 0 Å². The minimum absolute atomic E-state index is 0.226. The number of rotatable bonds is 10. The Labute approximate surface area is 234 Å². The van der Waals surface area contributed by atoms with Crippen molar-refractivity contribution < 1.29 is 18.4 Å². The molecule has 3 aromatic carbocycles. The van der Waals surface area contributed by atoms with Gasteiger partial charge >= 0.3 is 7.60 Å². The van der Waals surface area contributed by atoms with E-state index in [4.69, 9.17) is 9.05 Å². The van der Waals surface area contributed by atoms with Gasteiger partial charge in [0, 0.05) is 48.1 Å². The number of nitrogens with zero attached hydrogens (tertiary/aromatic N) is 1. The Morgan fingerprint density at radius 1 is 0.974 bits per heavy atom. The number of fused-ring (bicyclic) bond motifs is 1. The summed E-state index contributed by atoms with van der Waals surface area (Å²) in [5, 5.41) is 6.91. The van der Waals surface area contributed by atoms with Crippen molar-refractivity contribution in [3.63, 3.8) is 0 Å². The quantitative estimate of drug-likeness (QED) is 0.229. The highest BCUT2D eigenvalue weighted by molar-refractivity contribution is 7.99. The van der Waals surface area contributed by atoms with Gasteiger partial charge in [-0.1, -0.05) is 42.5 Å². The SMILES string of the molecule is CCOP(=O)(OCC)c1ccc2c(c1)C(=C(Nc1ccc(CN3CCSCC3)cc1)c1ccccc1)C(=O)N2. The Kier molecular flexibility index (Phi) is 8.90. The minimum Gasteiger partial charge on any atom is -0.354 e. The molecular formula is C30H34N3O4PS. The molecule has 9 heteroatoms. The number of hydrogen-bond donors (Lipinski definition) is 2. The van der Waals surface area contributed by atoms with Crippen molar-refractivity contribution in [1.82, 2.24) is 4.90 Å². The first kappa shape index (κ1) is 27.7. The highest BCUT2D eigenvalue weighted by Gasteiger charge is 2.33. The molecule has 0 bridgehead atoms. The average Bonchev–Trinajstić information content (AvgIpc) is 3.28. The summed E-state index contributed by atoms with van der Waals surface area (Å²) >= 11 is 2.01. The van der Waals surface area contributed by atoms with E-state index in [1.165, 1.54) is 17.1 Å². The van der Waals surface area contributed by atoms with Gasteiger partial charge in [0.25, 0.3) is 5.91 Å². The molecule has 3 aromatic rings. The standard InChI is InChI=1S/C30H34N3O4PS/c1-3-36-38(35,37-4-2)25-14-15-27-26(20-25)28(30(34)32-27)29(23-8-6-5-7-9-23)31-24-12-10-22(11-13-24)21-33-16-18-39-19-17-33/h5-15,20,31H,3-4,16-19,21H2,1-2H3,(H,32,34). The highest BCUT2D eigenvalue weighted by atomic mass is 32.2. The number of anilines is 2. The molecule has 5 rings (SSSR count). The molecule has 1 fully saturated rings. The molecule has 1 amide bonds. The Balaban J connectivity index is 1.52. The molecule has 2 N–H and O–H groups in total. The summed E-state index contributed by atoms with van der Waals surface area (Å²) in [7, 11) is -3.53. The molecule has 2 aliphatic rings. The van der Waals surface area contributed by atoms with Crippen LogP contribution in [0.3, 0.4) is 0 Å². The zero-order valence-corrected chi connectivity index (χ0v) is 24.0. The molecule has 2 aliphatic heterocycles. The van der Waals surface area contributed by atoms with E-state index in [2.05, 4.69) is 39.8 Å². The number of hydrogen-bond acceptors (Lipinski definition) is 7. The van der Waals surface area contributed by atoms with Crippen molar-refractivity contribution >= 4 is 53.2 Å². The summed E-state index contributed by atoms with van der Waals surface area (Å²) in [5.41, 5.74) is 5.48. The molecule has 0 radical (unpaired) electrons. The van der Waals surface area contributed by atoms with Crippen LogP contribution in [-0.4, -0.2) is 48.6 Å². The maximum Gasteiger partial charge on any atom is 0.361 e. The molecule has 0 saturated carbocycles. The summed E-state index contributed by atoms with van der Waals surface area (Å²) in [5.74, 6) is 2.14. The monoisotopic (exact) mass is 563 g/mol. The van der Waals surface area contributed by atoms with E-state index in [0.29, 0.717) is 27.8 Å². The van der Waals surface area contributed by atoms with Crippen molar-refractivity contribution in [2.75, 3.05) is 48.4 Å². The van der Waals surface area contributed by atoms with E-state index in [9.17, 15) is 9.36 Å². The molecule has 0 aliphatic carbocycles. The van der Waals surface area contributed by atoms with Gasteiger partial charge in [-0.05, 0) is 55.3 Å². The molecular weight excluding hydrogens is 529 g/mol. The summed E-state index contributed by atoms with van der Waals surface area (Å²) < 4.78 is 24.7. The number of amides is 1. The predicted octanol–water partition coefficient (Wildman–Crippen LogP) is 6.06. The summed E-state index contributed by atoms with van der Waals surface area (Å²) in [6, 6.07) is 23.4. The van der Waals surface area contributed by atoms with Gasteiger partial charge in [-0.15, -0.1) is 0 Å². The molecule has 0 spiro atoms. The van der Waals surface area contributed by atoms with Crippen molar-refractivity contribution in [3.05, 3.63) is 89.5 Å². The molecule has 7 nitrogen and oxygen atoms in total. The van der Waals surface area contributed by atoms with Gasteiger partial charge in [0.2, 0.25) is 0 Å². The normalized spacial score (nSPS) is 17.0. The van der Waals surface area contributed by atoms with Crippen LogP contribution in [0.15, 0.2) is 72.8 Å². The predicted molar refractivity (Wildman–Crippen MR) is 161 cm³/mol. The van der Waals surface area contributed by atoms with Crippen molar-refractivity contribution in [2.45, 2.75) is 20.4 Å². The molecule has 2 heterocycles. The van der Waals surface area contributed by atoms with Crippen molar-refractivity contribution in [2.24, 2.45) is 0 Å². The Morgan fingerprint density at radius 2 is 1.67 bits per heavy atom. The van der Waals surface area contributed by atoms with Crippen LogP contribution in [0.5, 0.6) is 0 Å². The van der Waals surface area contributed by atoms with Crippen LogP contribution in [0, 0.1) is 0 Å². The van der Waals surface area contributed by atoms with Crippen LogP contribution in [-0.2, 0) is 25.0 Å². The van der Waals surface area contributed by atoms with Crippen LogP contribution in [0.25, 0.3) is 11.3 Å². The van der Waals surface area contributed by atoms with Gasteiger partial charge in [0.15, 0.2) is 0 Å². The van der Waals surface area contributed by atoms with Crippen LogP contribution >= 0.6 is 19.4 Å². The molecule has 39 heavy (non-hydrogen) atoms. The number of carbonyl (C=O) groups is 1. The Hall–Kier alpha value is -2.87. The molecule has 204 valence electrons. The maximum atomic E-state index is 13.5. The third kappa shape index (κ3) is 6.32. The van der Waals surface area contributed by atoms with Crippen LogP contribution in [0.1, 0.15) is 30.5 Å². The van der Waals surface area contributed by atoms with Crippen LogP contribution in [0.4, 0.5) is 11.4 Å². The van der Waals surface area contributed by atoms with Crippen molar-refractivity contribution in [1.29, 1.82) is 0 Å². The van der Waals surface area contributed by atoms with Crippen molar-refractivity contribution in [3.8, 4) is 0 Å². The van der Waals surface area contributed by atoms with Gasteiger partial charge < -0.3 is 19.7 Å². The first-order valence-corrected chi connectivity index (χ1v) is 16.0. The first-order valence-electron chi connectivity index (χ1n) is 13.3. The lowest BCUT2D eigenvalue weighted by molar-refractivity contribution is -0.110. The van der Waals surface area contributed by atoms with E-state index in [1.807, 2.05) is 42.1 Å². The summed E-state index contributed by atoms with van der Waals surface area (Å²) in [6.45, 7) is 7.23. The number of thioether (sulfide) groups is 1. The number of carbonyl (C=O) groups excluding carboxylic acids is 1. The highest BCUT2D eigenvalue weighted by Crippen LogP contribution is 2.48. The van der Waals surface area contributed by atoms with Gasteiger partial charge in [-0.3, -0.25) is 14.3 Å². The lowest BCUT2D eigenvalue weighted by Gasteiger charge is -2.26. The zero-order chi connectivity index (χ0) is 27.2. The molecule has 0 aromatic heterocycles. The average molecular weight is 564 g/mol. The molecule has 0 atom stereocenters. The van der Waals surface area contributed by atoms with E-state index in [0.717, 1.165) is 30.9 Å². The lowest BCUT2D eigenvalue weighted by Crippen LogP contribution is -2.31. The Bertz CT molecular complexity index is 1380.